The minimum Gasteiger partial charge on any atom is -0.506 e. The van der Waals surface area contributed by atoms with Crippen molar-refractivity contribution in [1.29, 1.82) is 0 Å². The highest BCUT2D eigenvalue weighted by Gasteiger charge is 2.36. The zero-order valence-electron chi connectivity index (χ0n) is 7.93. The van der Waals surface area contributed by atoms with E-state index in [1.165, 1.54) is 24.3 Å². The van der Waals surface area contributed by atoms with Gasteiger partial charge in [-0.1, -0.05) is 24.3 Å². The fourth-order valence-corrected chi connectivity index (χ4v) is 1.56. The summed E-state index contributed by atoms with van der Waals surface area (Å²) in [6, 6.07) is 5.82. The van der Waals surface area contributed by atoms with Crippen molar-refractivity contribution < 1.29 is 24.6 Å². The number of rotatable bonds is 1. The number of carbonyl (C=O) groups excluding carboxylic acids is 2. The molecule has 5 nitrogen and oxygen atoms in total. The molecule has 2 N–H and O–H groups in total. The summed E-state index contributed by atoms with van der Waals surface area (Å²) >= 11 is 0. The van der Waals surface area contributed by atoms with E-state index in [0.29, 0.717) is 0 Å². The predicted molar refractivity (Wildman–Crippen MR) is 53.0 cm³/mol. The second-order valence-corrected chi connectivity index (χ2v) is 3.23. The topological polar surface area (TPSA) is 91.7 Å². The summed E-state index contributed by atoms with van der Waals surface area (Å²) in [4.78, 5) is 33.7. The summed E-state index contributed by atoms with van der Waals surface area (Å²) in [5, 5.41) is 18.3. The molecular weight excluding hydrogens is 212 g/mol. The number of hydrogen-bond donors (Lipinski definition) is 2. The van der Waals surface area contributed by atoms with Gasteiger partial charge in [0.1, 0.15) is 5.76 Å². The number of aliphatic carboxylic acids is 1. The Morgan fingerprint density at radius 2 is 1.56 bits per heavy atom. The second-order valence-electron chi connectivity index (χ2n) is 3.23. The molecule has 0 aliphatic heterocycles. The summed E-state index contributed by atoms with van der Waals surface area (Å²) in [6.07, 6.45) is 0. The van der Waals surface area contributed by atoms with Gasteiger partial charge < -0.3 is 10.2 Å². The monoisotopic (exact) mass is 218 g/mol. The van der Waals surface area contributed by atoms with Crippen LogP contribution in [0.4, 0.5) is 0 Å². The van der Waals surface area contributed by atoms with Crippen molar-refractivity contribution in [2.45, 2.75) is 0 Å². The summed E-state index contributed by atoms with van der Waals surface area (Å²) < 4.78 is 0. The molecule has 80 valence electrons. The van der Waals surface area contributed by atoms with E-state index < -0.39 is 28.9 Å². The Labute approximate surface area is 89.6 Å². The van der Waals surface area contributed by atoms with Gasteiger partial charge in [-0.25, -0.2) is 4.79 Å². The molecule has 0 unspecified atom stereocenters. The van der Waals surface area contributed by atoms with E-state index in [1.807, 2.05) is 0 Å². The van der Waals surface area contributed by atoms with Crippen molar-refractivity contribution in [2.75, 3.05) is 0 Å². The molecule has 1 aliphatic rings. The maximum atomic E-state index is 11.5. The van der Waals surface area contributed by atoms with E-state index >= 15 is 0 Å². The minimum atomic E-state index is -1.61. The Bertz CT molecular complexity index is 553. The molecule has 0 spiro atoms. The van der Waals surface area contributed by atoms with Crippen molar-refractivity contribution in [3.05, 3.63) is 41.0 Å². The normalized spacial score (nSPS) is 15.0. The van der Waals surface area contributed by atoms with Crippen molar-refractivity contribution in [3.63, 3.8) is 0 Å². The van der Waals surface area contributed by atoms with Crippen LogP contribution in [0.5, 0.6) is 0 Å². The molecule has 0 radical (unpaired) electrons. The summed E-state index contributed by atoms with van der Waals surface area (Å²) in [7, 11) is 0. The van der Waals surface area contributed by atoms with Gasteiger partial charge in [0, 0.05) is 11.1 Å². The van der Waals surface area contributed by atoms with Gasteiger partial charge in [0.2, 0.25) is 11.6 Å². The van der Waals surface area contributed by atoms with Gasteiger partial charge >= 0.3 is 5.97 Å². The van der Waals surface area contributed by atoms with E-state index in [-0.39, 0.29) is 11.1 Å². The molecule has 0 atom stereocenters. The molecular formula is C11H6O5. The Morgan fingerprint density at radius 3 is 2.12 bits per heavy atom. The van der Waals surface area contributed by atoms with Crippen LogP contribution in [0, 0.1) is 0 Å². The van der Waals surface area contributed by atoms with E-state index in [4.69, 9.17) is 5.11 Å². The minimum absolute atomic E-state index is 0.0231. The highest BCUT2D eigenvalue weighted by molar-refractivity contribution is 6.56. The molecule has 0 bridgehead atoms. The van der Waals surface area contributed by atoms with Crippen LogP contribution in [0.1, 0.15) is 15.9 Å². The lowest BCUT2D eigenvalue weighted by Crippen LogP contribution is -2.28. The van der Waals surface area contributed by atoms with Gasteiger partial charge in [-0.05, 0) is 0 Å². The van der Waals surface area contributed by atoms with Crippen molar-refractivity contribution in [1.82, 2.24) is 0 Å². The lowest BCUT2D eigenvalue weighted by molar-refractivity contribution is -0.134. The number of ketones is 2. The number of carboxylic acids is 1. The lowest BCUT2D eigenvalue weighted by Gasteiger charge is -2.14. The molecule has 2 rings (SSSR count). The molecule has 0 saturated carbocycles. The fraction of sp³-hybridized carbons (Fsp3) is 0. The standard InChI is InChI=1S/C11H6O5/c12-8-5-3-1-2-4-6(5)9(13)10(14)7(8)11(15)16/h1-4,12H,(H,15,16). The summed E-state index contributed by atoms with van der Waals surface area (Å²) in [5.74, 6) is -4.37. The third-order valence-electron chi connectivity index (χ3n) is 2.31. The van der Waals surface area contributed by atoms with Crippen molar-refractivity contribution in [3.8, 4) is 0 Å². The number of Topliss-reactive ketones (excluding diaryl/α,β-unsaturated/α-hetero) is 2. The van der Waals surface area contributed by atoms with Crippen molar-refractivity contribution in [2.24, 2.45) is 0 Å². The molecule has 0 heterocycles. The lowest BCUT2D eigenvalue weighted by atomic mass is 9.88. The van der Waals surface area contributed by atoms with E-state index in [1.54, 1.807) is 0 Å². The first-order chi connectivity index (χ1) is 7.54. The first-order valence-corrected chi connectivity index (χ1v) is 4.39. The number of hydrogen-bond acceptors (Lipinski definition) is 4. The third-order valence-corrected chi connectivity index (χ3v) is 2.31. The average molecular weight is 218 g/mol. The Balaban J connectivity index is 2.79. The fourth-order valence-electron chi connectivity index (χ4n) is 1.56. The van der Waals surface area contributed by atoms with E-state index in [9.17, 15) is 19.5 Å². The maximum Gasteiger partial charge on any atom is 0.343 e. The van der Waals surface area contributed by atoms with Gasteiger partial charge in [0.15, 0.2) is 5.57 Å². The van der Waals surface area contributed by atoms with Gasteiger partial charge in [0.05, 0.1) is 0 Å². The number of carboxylic acid groups (broad SMARTS) is 1. The maximum absolute atomic E-state index is 11.5. The molecule has 0 amide bonds. The van der Waals surface area contributed by atoms with Crippen molar-refractivity contribution >= 4 is 23.3 Å². The Kier molecular flexibility index (Phi) is 2.09. The number of fused-ring (bicyclic) bond motifs is 1. The van der Waals surface area contributed by atoms with Crippen LogP contribution in [0.15, 0.2) is 29.8 Å². The second kappa shape index (κ2) is 3.30. The molecule has 1 aliphatic carbocycles. The number of carbonyl (C=O) groups is 3. The SMILES string of the molecule is O=C(O)C1=C(O)c2ccccc2C(=O)C1=O. The van der Waals surface area contributed by atoms with Gasteiger partial charge in [-0.15, -0.1) is 0 Å². The van der Waals surface area contributed by atoms with Crippen LogP contribution >= 0.6 is 0 Å². The first-order valence-electron chi connectivity index (χ1n) is 4.39. The molecule has 1 aromatic carbocycles. The number of aliphatic hydroxyl groups excluding tert-OH is 1. The molecule has 0 saturated heterocycles. The number of aliphatic hydroxyl groups is 1. The highest BCUT2D eigenvalue weighted by atomic mass is 16.4. The molecule has 0 aromatic heterocycles. The van der Waals surface area contributed by atoms with Crippen LogP contribution in [-0.2, 0) is 9.59 Å². The number of benzene rings is 1. The van der Waals surface area contributed by atoms with Crippen LogP contribution in [0.3, 0.4) is 0 Å². The predicted octanol–water partition coefficient (Wildman–Crippen LogP) is 0.806. The van der Waals surface area contributed by atoms with E-state index in [2.05, 4.69) is 0 Å². The molecule has 1 aromatic rings. The largest absolute Gasteiger partial charge is 0.506 e. The average Bonchev–Trinajstić information content (AvgIpc) is 2.26. The zero-order valence-corrected chi connectivity index (χ0v) is 7.93. The Hall–Kier alpha value is -2.43. The first kappa shape index (κ1) is 10.1. The van der Waals surface area contributed by atoms with Crippen LogP contribution < -0.4 is 0 Å². The van der Waals surface area contributed by atoms with Gasteiger partial charge in [-0.2, -0.15) is 0 Å². The molecule has 16 heavy (non-hydrogen) atoms. The third kappa shape index (κ3) is 1.22. The van der Waals surface area contributed by atoms with Crippen LogP contribution in [0.25, 0.3) is 5.76 Å². The smallest absolute Gasteiger partial charge is 0.343 e. The highest BCUT2D eigenvalue weighted by Crippen LogP contribution is 2.27. The van der Waals surface area contributed by atoms with Gasteiger partial charge in [0.25, 0.3) is 0 Å². The summed E-state index contributed by atoms with van der Waals surface area (Å²) in [5.41, 5.74) is -0.775. The van der Waals surface area contributed by atoms with Gasteiger partial charge in [-0.3, -0.25) is 9.59 Å². The van der Waals surface area contributed by atoms with Crippen LogP contribution in [-0.4, -0.2) is 27.7 Å². The zero-order chi connectivity index (χ0) is 11.9. The quantitative estimate of drug-likeness (QED) is 0.537. The molecule has 0 fully saturated rings. The van der Waals surface area contributed by atoms with E-state index in [0.717, 1.165) is 0 Å². The molecule has 5 heteroatoms. The Morgan fingerprint density at radius 1 is 1.00 bits per heavy atom. The summed E-state index contributed by atoms with van der Waals surface area (Å²) in [6.45, 7) is 0. The van der Waals surface area contributed by atoms with Crippen LogP contribution in [0.2, 0.25) is 0 Å².